The molecule has 5 nitrogen and oxygen atoms in total. The molecule has 0 fully saturated rings. The van der Waals surface area contributed by atoms with E-state index in [1.54, 1.807) is 6.07 Å². The number of carbonyl (C=O) groups is 1. The number of hydrogen-bond acceptors (Lipinski definition) is 4. The Kier molecular flexibility index (Phi) is 4.00. The summed E-state index contributed by atoms with van der Waals surface area (Å²) >= 11 is 0. The zero-order chi connectivity index (χ0) is 10.4. The van der Waals surface area contributed by atoms with E-state index in [2.05, 4.69) is 20.6 Å². The van der Waals surface area contributed by atoms with Gasteiger partial charge >= 0.3 is 0 Å². The van der Waals surface area contributed by atoms with Gasteiger partial charge in [-0.1, -0.05) is 0 Å². The van der Waals surface area contributed by atoms with Crippen LogP contribution in [-0.2, 0) is 4.79 Å². The van der Waals surface area contributed by atoms with Crippen molar-refractivity contribution in [2.45, 2.75) is 13.3 Å². The Morgan fingerprint density at radius 1 is 1.50 bits per heavy atom. The Morgan fingerprint density at radius 2 is 2.29 bits per heavy atom. The molecule has 0 spiro atoms. The number of nitrogens with one attached hydrogen (secondary N) is 2. The molecule has 0 aliphatic heterocycles. The van der Waals surface area contributed by atoms with E-state index in [9.17, 15) is 4.79 Å². The van der Waals surface area contributed by atoms with Crippen LogP contribution >= 0.6 is 0 Å². The molecule has 2 N–H and O–H groups in total. The van der Waals surface area contributed by atoms with Gasteiger partial charge in [-0.3, -0.25) is 4.79 Å². The van der Waals surface area contributed by atoms with Crippen molar-refractivity contribution in [1.82, 2.24) is 15.3 Å². The second-order valence-electron chi connectivity index (χ2n) is 2.95. The lowest BCUT2D eigenvalue weighted by molar-refractivity contribution is -0.116. The molecule has 0 saturated carbocycles. The summed E-state index contributed by atoms with van der Waals surface area (Å²) in [6.07, 6.45) is 1.88. The maximum atomic E-state index is 11.3. The van der Waals surface area contributed by atoms with E-state index in [-0.39, 0.29) is 5.91 Å². The van der Waals surface area contributed by atoms with Gasteiger partial charge in [0.2, 0.25) is 5.91 Å². The largest absolute Gasteiger partial charge is 0.319 e. The van der Waals surface area contributed by atoms with Gasteiger partial charge in [-0.25, -0.2) is 9.97 Å². The molecule has 0 bridgehead atoms. The number of nitrogens with zero attached hydrogens (tertiary/aromatic N) is 2. The second kappa shape index (κ2) is 5.29. The molecule has 0 atom stereocenters. The Morgan fingerprint density at radius 3 is 2.93 bits per heavy atom. The maximum Gasteiger partial charge on any atom is 0.226 e. The predicted molar refractivity (Wildman–Crippen MR) is 53.9 cm³/mol. The number of rotatable bonds is 4. The van der Waals surface area contributed by atoms with Crippen molar-refractivity contribution in [2.75, 3.05) is 18.9 Å². The molecule has 1 amide bonds. The van der Waals surface area contributed by atoms with Crippen LogP contribution in [0.3, 0.4) is 0 Å². The first-order valence-electron chi connectivity index (χ1n) is 4.45. The van der Waals surface area contributed by atoms with Gasteiger partial charge in [-0.15, -0.1) is 0 Å². The number of hydrogen-bond donors (Lipinski definition) is 2. The smallest absolute Gasteiger partial charge is 0.226 e. The van der Waals surface area contributed by atoms with E-state index >= 15 is 0 Å². The van der Waals surface area contributed by atoms with Gasteiger partial charge < -0.3 is 10.6 Å². The molecular weight excluding hydrogens is 180 g/mol. The summed E-state index contributed by atoms with van der Waals surface area (Å²) in [5, 5.41) is 5.59. The fourth-order valence-electron chi connectivity index (χ4n) is 0.967. The van der Waals surface area contributed by atoms with Gasteiger partial charge in [0.1, 0.15) is 12.1 Å². The summed E-state index contributed by atoms with van der Waals surface area (Å²) in [5.41, 5.74) is 0.837. The van der Waals surface area contributed by atoms with Crippen LogP contribution in [0.5, 0.6) is 0 Å². The van der Waals surface area contributed by atoms with Gasteiger partial charge in [0.05, 0.1) is 0 Å². The lowest BCUT2D eigenvalue weighted by Crippen LogP contribution is -2.19. The predicted octanol–water partition coefficient (Wildman–Crippen LogP) is 0.333. The lowest BCUT2D eigenvalue weighted by atomic mass is 10.4. The maximum absolute atomic E-state index is 11.3. The van der Waals surface area contributed by atoms with Crippen molar-refractivity contribution in [3.05, 3.63) is 18.1 Å². The lowest BCUT2D eigenvalue weighted by Gasteiger charge is -2.03. The monoisotopic (exact) mass is 194 g/mol. The highest BCUT2D eigenvalue weighted by Crippen LogP contribution is 2.02. The molecule has 0 aromatic carbocycles. The summed E-state index contributed by atoms with van der Waals surface area (Å²) in [4.78, 5) is 19.1. The van der Waals surface area contributed by atoms with Gasteiger partial charge in [0.15, 0.2) is 0 Å². The van der Waals surface area contributed by atoms with E-state index in [0.717, 1.165) is 5.69 Å². The fraction of sp³-hybridized carbons (Fsp3) is 0.444. The number of aryl methyl sites for hydroxylation is 1. The molecule has 1 heterocycles. The summed E-state index contributed by atoms with van der Waals surface area (Å²) < 4.78 is 0. The van der Waals surface area contributed by atoms with Crippen molar-refractivity contribution >= 4 is 11.7 Å². The van der Waals surface area contributed by atoms with Crippen molar-refractivity contribution in [2.24, 2.45) is 0 Å². The molecule has 0 aliphatic carbocycles. The minimum Gasteiger partial charge on any atom is -0.319 e. The molecular formula is C9H14N4O. The first-order valence-corrected chi connectivity index (χ1v) is 4.45. The van der Waals surface area contributed by atoms with Crippen LogP contribution in [-0.4, -0.2) is 29.5 Å². The zero-order valence-corrected chi connectivity index (χ0v) is 8.37. The molecule has 5 heteroatoms. The summed E-state index contributed by atoms with van der Waals surface area (Å²) in [6, 6.07) is 1.73. The summed E-state index contributed by atoms with van der Waals surface area (Å²) in [5.74, 6) is 0.510. The van der Waals surface area contributed by atoms with E-state index in [1.807, 2.05) is 14.0 Å². The topological polar surface area (TPSA) is 66.9 Å². The van der Waals surface area contributed by atoms with Crippen molar-refractivity contribution in [3.8, 4) is 0 Å². The number of amides is 1. The summed E-state index contributed by atoms with van der Waals surface area (Å²) in [7, 11) is 1.81. The van der Waals surface area contributed by atoms with Gasteiger partial charge in [0, 0.05) is 24.7 Å². The van der Waals surface area contributed by atoms with E-state index in [1.165, 1.54) is 6.33 Å². The van der Waals surface area contributed by atoms with E-state index < -0.39 is 0 Å². The minimum absolute atomic E-state index is 0.0440. The van der Waals surface area contributed by atoms with Crippen LogP contribution in [0.2, 0.25) is 0 Å². The van der Waals surface area contributed by atoms with E-state index in [0.29, 0.717) is 18.8 Å². The Labute approximate surface area is 83.0 Å². The Balaban J connectivity index is 2.47. The molecule has 14 heavy (non-hydrogen) atoms. The SMILES string of the molecule is CNCCC(=O)Nc1cc(C)ncn1. The zero-order valence-electron chi connectivity index (χ0n) is 8.37. The van der Waals surface area contributed by atoms with Gasteiger partial charge in [-0.2, -0.15) is 0 Å². The third-order valence-corrected chi connectivity index (χ3v) is 1.67. The van der Waals surface area contributed by atoms with Crippen LogP contribution in [0.1, 0.15) is 12.1 Å². The molecule has 0 unspecified atom stereocenters. The van der Waals surface area contributed by atoms with Crippen LogP contribution in [0.4, 0.5) is 5.82 Å². The molecule has 0 radical (unpaired) electrons. The van der Waals surface area contributed by atoms with Crippen LogP contribution in [0, 0.1) is 6.92 Å². The van der Waals surface area contributed by atoms with Gasteiger partial charge in [-0.05, 0) is 14.0 Å². The number of carbonyl (C=O) groups excluding carboxylic acids is 1. The second-order valence-corrected chi connectivity index (χ2v) is 2.95. The Hall–Kier alpha value is -1.49. The normalized spacial score (nSPS) is 9.86. The third-order valence-electron chi connectivity index (χ3n) is 1.67. The molecule has 1 aromatic heterocycles. The molecule has 76 valence electrons. The first-order chi connectivity index (χ1) is 6.72. The van der Waals surface area contributed by atoms with Crippen LogP contribution < -0.4 is 10.6 Å². The van der Waals surface area contributed by atoms with E-state index in [4.69, 9.17) is 0 Å². The molecule has 1 rings (SSSR count). The number of anilines is 1. The van der Waals surface area contributed by atoms with Gasteiger partial charge in [0.25, 0.3) is 0 Å². The van der Waals surface area contributed by atoms with Crippen molar-refractivity contribution < 1.29 is 4.79 Å². The number of aromatic nitrogens is 2. The highest BCUT2D eigenvalue weighted by molar-refractivity contribution is 5.89. The molecule has 0 aliphatic rings. The average Bonchev–Trinajstić information content (AvgIpc) is 2.15. The first kappa shape index (κ1) is 10.6. The van der Waals surface area contributed by atoms with Crippen LogP contribution in [0.15, 0.2) is 12.4 Å². The van der Waals surface area contributed by atoms with Crippen molar-refractivity contribution in [1.29, 1.82) is 0 Å². The quantitative estimate of drug-likeness (QED) is 0.725. The fourth-order valence-corrected chi connectivity index (χ4v) is 0.967. The standard InChI is InChI=1S/C9H14N4O/c1-7-5-8(12-6-11-7)13-9(14)3-4-10-2/h5-6,10H,3-4H2,1-2H3,(H,11,12,13,14). The highest BCUT2D eigenvalue weighted by Gasteiger charge is 2.02. The highest BCUT2D eigenvalue weighted by atomic mass is 16.1. The molecule has 0 saturated heterocycles. The summed E-state index contributed by atoms with van der Waals surface area (Å²) in [6.45, 7) is 2.51. The average molecular weight is 194 g/mol. The Bertz CT molecular complexity index is 313. The minimum atomic E-state index is -0.0440. The van der Waals surface area contributed by atoms with Crippen molar-refractivity contribution in [3.63, 3.8) is 0 Å². The van der Waals surface area contributed by atoms with Crippen LogP contribution in [0.25, 0.3) is 0 Å². The third kappa shape index (κ3) is 3.49. The molecule has 1 aromatic rings.